The highest BCUT2D eigenvalue weighted by atomic mass is 16.5. The minimum atomic E-state index is 0.426. The van der Waals surface area contributed by atoms with Crippen molar-refractivity contribution >= 4 is 0 Å². The van der Waals surface area contributed by atoms with E-state index in [1.807, 2.05) is 0 Å². The molecule has 1 aliphatic heterocycles. The second-order valence-electron chi connectivity index (χ2n) is 5.01. The van der Waals surface area contributed by atoms with Crippen LogP contribution >= 0.6 is 0 Å². The molecule has 19 heavy (non-hydrogen) atoms. The van der Waals surface area contributed by atoms with Crippen LogP contribution < -0.4 is 10.1 Å². The van der Waals surface area contributed by atoms with Crippen molar-refractivity contribution in [1.82, 2.24) is 5.32 Å². The standard InChI is InChI=1S/C17H19NO/c1-19-15-9-7-13(8-10-15)16-11-12-18-17(16)14-5-3-2-4-6-14/h2-10,16-18H,11-12H2,1H3. The molecule has 0 spiro atoms. The predicted molar refractivity (Wildman–Crippen MR) is 77.5 cm³/mol. The lowest BCUT2D eigenvalue weighted by Crippen LogP contribution is -2.16. The molecule has 98 valence electrons. The Morgan fingerprint density at radius 2 is 1.68 bits per heavy atom. The van der Waals surface area contributed by atoms with Crippen molar-refractivity contribution < 1.29 is 4.74 Å². The molecule has 0 amide bonds. The van der Waals surface area contributed by atoms with Crippen LogP contribution in [0.3, 0.4) is 0 Å². The third-order valence-corrected chi connectivity index (χ3v) is 3.92. The summed E-state index contributed by atoms with van der Waals surface area (Å²) in [6, 6.07) is 19.6. The molecular formula is C17H19NO. The van der Waals surface area contributed by atoms with E-state index in [-0.39, 0.29) is 0 Å². The van der Waals surface area contributed by atoms with Gasteiger partial charge in [-0.3, -0.25) is 0 Å². The van der Waals surface area contributed by atoms with Crippen LogP contribution in [0.15, 0.2) is 54.6 Å². The summed E-state index contributed by atoms with van der Waals surface area (Å²) in [6.07, 6.45) is 1.19. The van der Waals surface area contributed by atoms with Crippen molar-refractivity contribution in [3.05, 3.63) is 65.7 Å². The number of methoxy groups -OCH3 is 1. The fraction of sp³-hybridized carbons (Fsp3) is 0.294. The van der Waals surface area contributed by atoms with E-state index < -0.39 is 0 Å². The van der Waals surface area contributed by atoms with Crippen LogP contribution in [0.4, 0.5) is 0 Å². The van der Waals surface area contributed by atoms with E-state index in [4.69, 9.17) is 4.74 Å². The van der Waals surface area contributed by atoms with Crippen LogP contribution in [0, 0.1) is 0 Å². The van der Waals surface area contributed by atoms with Crippen molar-refractivity contribution in [2.24, 2.45) is 0 Å². The fourth-order valence-electron chi connectivity index (χ4n) is 2.92. The zero-order valence-corrected chi connectivity index (χ0v) is 11.2. The second kappa shape index (κ2) is 5.45. The van der Waals surface area contributed by atoms with Gasteiger partial charge in [-0.1, -0.05) is 42.5 Å². The SMILES string of the molecule is COc1ccc(C2CCNC2c2ccccc2)cc1. The highest BCUT2D eigenvalue weighted by Gasteiger charge is 2.29. The molecule has 0 saturated carbocycles. The Morgan fingerprint density at radius 1 is 0.947 bits per heavy atom. The molecule has 1 aliphatic rings. The van der Waals surface area contributed by atoms with E-state index in [1.165, 1.54) is 17.5 Å². The van der Waals surface area contributed by atoms with Gasteiger partial charge in [-0.05, 0) is 36.2 Å². The monoisotopic (exact) mass is 253 g/mol. The minimum absolute atomic E-state index is 0.426. The molecule has 0 aromatic heterocycles. The fourth-order valence-corrected chi connectivity index (χ4v) is 2.92. The molecule has 1 fully saturated rings. The van der Waals surface area contributed by atoms with E-state index in [0.717, 1.165) is 12.3 Å². The first-order valence-corrected chi connectivity index (χ1v) is 6.81. The summed E-state index contributed by atoms with van der Waals surface area (Å²) < 4.78 is 5.23. The molecule has 2 aromatic rings. The van der Waals surface area contributed by atoms with Crippen molar-refractivity contribution in [1.29, 1.82) is 0 Å². The zero-order chi connectivity index (χ0) is 13.1. The molecule has 1 saturated heterocycles. The summed E-state index contributed by atoms with van der Waals surface area (Å²) in [4.78, 5) is 0. The maximum absolute atomic E-state index is 5.23. The number of benzene rings is 2. The van der Waals surface area contributed by atoms with E-state index in [9.17, 15) is 0 Å². The lowest BCUT2D eigenvalue weighted by molar-refractivity contribution is 0.414. The number of ether oxygens (including phenoxy) is 1. The number of hydrogen-bond acceptors (Lipinski definition) is 2. The van der Waals surface area contributed by atoms with Crippen LogP contribution in [0.5, 0.6) is 5.75 Å². The Labute approximate surface area is 114 Å². The minimum Gasteiger partial charge on any atom is -0.497 e. The predicted octanol–water partition coefficient (Wildman–Crippen LogP) is 3.51. The van der Waals surface area contributed by atoms with Gasteiger partial charge in [0.2, 0.25) is 0 Å². The molecule has 0 radical (unpaired) electrons. The Kier molecular flexibility index (Phi) is 3.51. The maximum atomic E-state index is 5.23. The van der Waals surface area contributed by atoms with Gasteiger partial charge < -0.3 is 10.1 Å². The number of hydrogen-bond donors (Lipinski definition) is 1. The molecule has 1 N–H and O–H groups in total. The highest BCUT2D eigenvalue weighted by molar-refractivity contribution is 5.33. The topological polar surface area (TPSA) is 21.3 Å². The first-order valence-electron chi connectivity index (χ1n) is 6.81. The molecular weight excluding hydrogens is 234 g/mol. The second-order valence-corrected chi connectivity index (χ2v) is 5.01. The molecule has 0 bridgehead atoms. The van der Waals surface area contributed by atoms with E-state index in [0.29, 0.717) is 12.0 Å². The molecule has 2 aromatic carbocycles. The molecule has 3 rings (SSSR count). The van der Waals surface area contributed by atoms with Crippen LogP contribution in [-0.4, -0.2) is 13.7 Å². The van der Waals surface area contributed by atoms with Crippen molar-refractivity contribution in [2.75, 3.05) is 13.7 Å². The summed E-state index contributed by atoms with van der Waals surface area (Å²) >= 11 is 0. The van der Waals surface area contributed by atoms with Gasteiger partial charge in [0.15, 0.2) is 0 Å². The van der Waals surface area contributed by atoms with Crippen LogP contribution in [0.25, 0.3) is 0 Å². The molecule has 2 unspecified atom stereocenters. The Morgan fingerprint density at radius 3 is 2.37 bits per heavy atom. The normalized spacial score (nSPS) is 22.4. The summed E-state index contributed by atoms with van der Waals surface area (Å²) in [6.45, 7) is 1.08. The van der Waals surface area contributed by atoms with E-state index in [2.05, 4.69) is 59.9 Å². The smallest absolute Gasteiger partial charge is 0.118 e. The van der Waals surface area contributed by atoms with Gasteiger partial charge in [-0.2, -0.15) is 0 Å². The van der Waals surface area contributed by atoms with Gasteiger partial charge in [-0.25, -0.2) is 0 Å². The Bertz CT molecular complexity index is 521. The summed E-state index contributed by atoms with van der Waals surface area (Å²) in [5, 5.41) is 3.62. The zero-order valence-electron chi connectivity index (χ0n) is 11.2. The third-order valence-electron chi connectivity index (χ3n) is 3.92. The van der Waals surface area contributed by atoms with E-state index in [1.54, 1.807) is 7.11 Å². The van der Waals surface area contributed by atoms with E-state index >= 15 is 0 Å². The maximum Gasteiger partial charge on any atom is 0.118 e. The Balaban J connectivity index is 1.86. The average molecular weight is 253 g/mol. The average Bonchev–Trinajstić information content (AvgIpc) is 2.98. The lowest BCUT2D eigenvalue weighted by atomic mass is 9.88. The lowest BCUT2D eigenvalue weighted by Gasteiger charge is -2.20. The van der Waals surface area contributed by atoms with Gasteiger partial charge in [0.05, 0.1) is 7.11 Å². The van der Waals surface area contributed by atoms with Gasteiger partial charge in [0, 0.05) is 12.0 Å². The van der Waals surface area contributed by atoms with Gasteiger partial charge in [-0.15, -0.1) is 0 Å². The summed E-state index contributed by atoms with van der Waals surface area (Å²) in [5.74, 6) is 1.47. The quantitative estimate of drug-likeness (QED) is 0.903. The molecule has 0 aliphatic carbocycles. The van der Waals surface area contributed by atoms with Crippen molar-refractivity contribution in [3.8, 4) is 5.75 Å². The Hall–Kier alpha value is -1.80. The van der Waals surface area contributed by atoms with Crippen LogP contribution in [-0.2, 0) is 0 Å². The first kappa shape index (κ1) is 12.2. The largest absolute Gasteiger partial charge is 0.497 e. The molecule has 1 heterocycles. The van der Waals surface area contributed by atoms with Gasteiger partial charge >= 0.3 is 0 Å². The van der Waals surface area contributed by atoms with Crippen LogP contribution in [0.1, 0.15) is 29.5 Å². The summed E-state index contributed by atoms with van der Waals surface area (Å²) in [5.41, 5.74) is 2.76. The molecule has 2 heteroatoms. The van der Waals surface area contributed by atoms with Crippen molar-refractivity contribution in [2.45, 2.75) is 18.4 Å². The van der Waals surface area contributed by atoms with Gasteiger partial charge in [0.25, 0.3) is 0 Å². The molecule has 2 atom stereocenters. The summed E-state index contributed by atoms with van der Waals surface area (Å²) in [7, 11) is 1.71. The first-order chi connectivity index (χ1) is 9.38. The van der Waals surface area contributed by atoms with Crippen LogP contribution in [0.2, 0.25) is 0 Å². The van der Waals surface area contributed by atoms with Gasteiger partial charge in [0.1, 0.15) is 5.75 Å². The number of nitrogens with one attached hydrogen (secondary N) is 1. The third kappa shape index (κ3) is 2.49. The number of rotatable bonds is 3. The van der Waals surface area contributed by atoms with Crippen molar-refractivity contribution in [3.63, 3.8) is 0 Å². The highest BCUT2D eigenvalue weighted by Crippen LogP contribution is 2.37. The molecule has 2 nitrogen and oxygen atoms in total.